The van der Waals surface area contributed by atoms with Crippen molar-refractivity contribution in [1.29, 1.82) is 0 Å². The van der Waals surface area contributed by atoms with Crippen molar-refractivity contribution < 1.29 is 14.3 Å². The van der Waals surface area contributed by atoms with Gasteiger partial charge in [-0.2, -0.15) is 11.3 Å². The Morgan fingerprint density at radius 2 is 2.30 bits per heavy atom. The highest BCUT2D eigenvalue weighted by atomic mass is 32.1. The quantitative estimate of drug-likeness (QED) is 0.776. The number of pyridine rings is 1. The van der Waals surface area contributed by atoms with Crippen LogP contribution in [0.2, 0.25) is 0 Å². The third-order valence-electron chi connectivity index (χ3n) is 3.03. The fourth-order valence-electron chi connectivity index (χ4n) is 2.26. The summed E-state index contributed by atoms with van der Waals surface area (Å²) in [5, 5.41) is 13.1. The standard InChI is InChI=1S/C14H11NO4S/c1-7-4-10-12(14(18)15-7)9(5-11(16)17)13(19-10)8-2-3-20-6-8/h2-4,6H,5H2,1H3,(H,15,18)(H,16,17). The zero-order chi connectivity index (χ0) is 14.3. The molecular formula is C14H11NO4S. The molecule has 0 radical (unpaired) electrons. The molecule has 3 aromatic rings. The van der Waals surface area contributed by atoms with Gasteiger partial charge < -0.3 is 14.5 Å². The van der Waals surface area contributed by atoms with E-state index in [1.165, 1.54) is 11.3 Å². The molecule has 0 aromatic carbocycles. The van der Waals surface area contributed by atoms with Crippen LogP contribution in [0, 0.1) is 6.92 Å². The third-order valence-corrected chi connectivity index (χ3v) is 3.71. The van der Waals surface area contributed by atoms with Crippen LogP contribution in [0.4, 0.5) is 0 Å². The molecular weight excluding hydrogens is 278 g/mol. The number of aromatic amines is 1. The lowest BCUT2D eigenvalue weighted by atomic mass is 10.1. The lowest BCUT2D eigenvalue weighted by Gasteiger charge is -1.97. The van der Waals surface area contributed by atoms with Crippen molar-refractivity contribution in [2.75, 3.05) is 0 Å². The van der Waals surface area contributed by atoms with Gasteiger partial charge in [-0.05, 0) is 18.4 Å². The van der Waals surface area contributed by atoms with E-state index in [0.717, 1.165) is 5.56 Å². The lowest BCUT2D eigenvalue weighted by molar-refractivity contribution is -0.136. The maximum atomic E-state index is 12.1. The van der Waals surface area contributed by atoms with Crippen molar-refractivity contribution >= 4 is 28.3 Å². The van der Waals surface area contributed by atoms with Gasteiger partial charge in [0.1, 0.15) is 11.3 Å². The van der Waals surface area contributed by atoms with E-state index in [1.807, 2.05) is 16.8 Å². The van der Waals surface area contributed by atoms with Crippen molar-refractivity contribution in [3.05, 3.63) is 44.5 Å². The monoisotopic (exact) mass is 289 g/mol. The normalized spacial score (nSPS) is 11.1. The number of nitrogens with one attached hydrogen (secondary N) is 1. The Hall–Kier alpha value is -2.34. The number of aliphatic carboxylic acids is 1. The Labute approximate surface area is 117 Å². The number of furan rings is 1. The maximum Gasteiger partial charge on any atom is 0.307 e. The molecule has 0 aliphatic carbocycles. The lowest BCUT2D eigenvalue weighted by Crippen LogP contribution is -2.10. The summed E-state index contributed by atoms with van der Waals surface area (Å²) in [6.07, 6.45) is -0.246. The number of aromatic nitrogens is 1. The minimum absolute atomic E-state index is 0.246. The fraction of sp³-hybridized carbons (Fsp3) is 0.143. The van der Waals surface area contributed by atoms with Crippen molar-refractivity contribution in [3.8, 4) is 11.3 Å². The van der Waals surface area contributed by atoms with E-state index in [2.05, 4.69) is 4.98 Å². The Morgan fingerprint density at radius 1 is 1.50 bits per heavy atom. The second-order valence-electron chi connectivity index (χ2n) is 4.51. The van der Waals surface area contributed by atoms with Crippen molar-refractivity contribution in [2.45, 2.75) is 13.3 Å². The highest BCUT2D eigenvalue weighted by Gasteiger charge is 2.21. The molecule has 0 unspecified atom stereocenters. The second kappa shape index (κ2) is 4.64. The predicted octanol–water partition coefficient (Wildman–Crippen LogP) is 2.79. The number of aryl methyl sites for hydroxylation is 1. The van der Waals surface area contributed by atoms with Crippen LogP contribution < -0.4 is 5.56 Å². The summed E-state index contributed by atoms with van der Waals surface area (Å²) in [7, 11) is 0. The number of H-pyrrole nitrogens is 1. The molecule has 3 heterocycles. The zero-order valence-corrected chi connectivity index (χ0v) is 11.4. The Bertz CT molecular complexity index is 842. The summed E-state index contributed by atoms with van der Waals surface area (Å²) in [6, 6.07) is 3.55. The number of rotatable bonds is 3. The molecule has 2 N–H and O–H groups in total. The highest BCUT2D eigenvalue weighted by Crippen LogP contribution is 2.33. The molecule has 5 nitrogen and oxygen atoms in total. The average Bonchev–Trinajstić information content (AvgIpc) is 2.95. The predicted molar refractivity (Wildman–Crippen MR) is 76.2 cm³/mol. The van der Waals surface area contributed by atoms with Crippen molar-refractivity contribution in [1.82, 2.24) is 4.98 Å². The summed E-state index contributed by atoms with van der Waals surface area (Å²) in [4.78, 5) is 25.8. The van der Waals surface area contributed by atoms with E-state index in [1.54, 1.807) is 13.0 Å². The molecule has 0 atom stereocenters. The first kappa shape index (κ1) is 12.7. The molecule has 0 fully saturated rings. The van der Waals surface area contributed by atoms with Gasteiger partial charge in [0.15, 0.2) is 0 Å². The van der Waals surface area contributed by atoms with Crippen molar-refractivity contribution in [2.24, 2.45) is 0 Å². The van der Waals surface area contributed by atoms with Gasteiger partial charge in [-0.15, -0.1) is 0 Å². The largest absolute Gasteiger partial charge is 0.481 e. The first-order valence-corrected chi connectivity index (χ1v) is 6.90. The molecule has 0 bridgehead atoms. The number of hydrogen-bond acceptors (Lipinski definition) is 4. The average molecular weight is 289 g/mol. The molecule has 6 heteroatoms. The van der Waals surface area contributed by atoms with E-state index in [4.69, 9.17) is 9.52 Å². The van der Waals surface area contributed by atoms with E-state index >= 15 is 0 Å². The molecule has 0 aliphatic heterocycles. The van der Waals surface area contributed by atoms with Crippen LogP contribution in [0.25, 0.3) is 22.3 Å². The number of carbonyl (C=O) groups is 1. The topological polar surface area (TPSA) is 83.3 Å². The molecule has 0 saturated carbocycles. The molecule has 3 aromatic heterocycles. The molecule has 0 spiro atoms. The Balaban J connectivity index is 2.37. The van der Waals surface area contributed by atoms with Gasteiger partial charge in [-0.25, -0.2) is 0 Å². The Kier molecular flexibility index (Phi) is 2.94. The van der Waals surface area contributed by atoms with E-state index in [9.17, 15) is 9.59 Å². The van der Waals surface area contributed by atoms with E-state index in [0.29, 0.717) is 28.0 Å². The molecule has 0 saturated heterocycles. The zero-order valence-electron chi connectivity index (χ0n) is 10.6. The summed E-state index contributed by atoms with van der Waals surface area (Å²) in [5.41, 5.74) is 1.99. The van der Waals surface area contributed by atoms with Gasteiger partial charge in [0, 0.05) is 28.3 Å². The summed E-state index contributed by atoms with van der Waals surface area (Å²) in [6.45, 7) is 1.75. The molecule has 20 heavy (non-hydrogen) atoms. The van der Waals surface area contributed by atoms with Crippen molar-refractivity contribution in [3.63, 3.8) is 0 Å². The maximum absolute atomic E-state index is 12.1. The minimum atomic E-state index is -0.996. The summed E-state index contributed by atoms with van der Waals surface area (Å²) in [5.74, 6) is -0.538. The molecule has 0 amide bonds. The first-order chi connectivity index (χ1) is 9.56. The van der Waals surface area contributed by atoms with Gasteiger partial charge in [0.2, 0.25) is 0 Å². The SMILES string of the molecule is Cc1cc2oc(-c3ccsc3)c(CC(=O)O)c2c(=O)[nH]1. The smallest absolute Gasteiger partial charge is 0.307 e. The van der Waals surface area contributed by atoms with Crippen LogP contribution in [0.5, 0.6) is 0 Å². The van der Waals surface area contributed by atoms with Crippen LogP contribution in [-0.2, 0) is 11.2 Å². The van der Waals surface area contributed by atoms with Crippen LogP contribution in [0.3, 0.4) is 0 Å². The summed E-state index contributed by atoms with van der Waals surface area (Å²) >= 11 is 1.49. The van der Waals surface area contributed by atoms with Gasteiger partial charge in [0.05, 0.1) is 11.8 Å². The third kappa shape index (κ3) is 2.04. The number of fused-ring (bicyclic) bond motifs is 1. The van der Waals surface area contributed by atoms with E-state index < -0.39 is 5.97 Å². The van der Waals surface area contributed by atoms with Crippen LogP contribution >= 0.6 is 11.3 Å². The first-order valence-electron chi connectivity index (χ1n) is 5.96. The van der Waals surface area contributed by atoms with Crippen LogP contribution in [0.15, 0.2) is 32.1 Å². The molecule has 0 aliphatic rings. The van der Waals surface area contributed by atoms with Gasteiger partial charge >= 0.3 is 5.97 Å². The van der Waals surface area contributed by atoms with Gasteiger partial charge in [-0.3, -0.25) is 9.59 Å². The number of carboxylic acid groups (broad SMARTS) is 1. The number of thiophene rings is 1. The highest BCUT2D eigenvalue weighted by molar-refractivity contribution is 7.08. The fourth-order valence-corrected chi connectivity index (χ4v) is 2.89. The summed E-state index contributed by atoms with van der Waals surface area (Å²) < 4.78 is 5.73. The van der Waals surface area contributed by atoms with Gasteiger partial charge in [-0.1, -0.05) is 0 Å². The molecule has 102 valence electrons. The van der Waals surface area contributed by atoms with E-state index in [-0.39, 0.29) is 12.0 Å². The van der Waals surface area contributed by atoms with Crippen LogP contribution in [-0.4, -0.2) is 16.1 Å². The number of carboxylic acids is 1. The Morgan fingerprint density at radius 3 is 2.95 bits per heavy atom. The van der Waals surface area contributed by atoms with Crippen LogP contribution in [0.1, 0.15) is 11.3 Å². The second-order valence-corrected chi connectivity index (χ2v) is 5.29. The molecule has 3 rings (SSSR count). The van der Waals surface area contributed by atoms with Gasteiger partial charge in [0.25, 0.3) is 5.56 Å². The minimum Gasteiger partial charge on any atom is -0.481 e. The number of hydrogen-bond donors (Lipinski definition) is 2.